The normalized spacial score (nSPS) is 10.3. The fourth-order valence-corrected chi connectivity index (χ4v) is 1.58. The van der Waals surface area contributed by atoms with Gasteiger partial charge < -0.3 is 5.32 Å². The zero-order valence-electron chi connectivity index (χ0n) is 7.08. The van der Waals surface area contributed by atoms with Crippen molar-refractivity contribution in [2.45, 2.75) is 0 Å². The van der Waals surface area contributed by atoms with Crippen LogP contribution < -0.4 is 5.32 Å². The molecule has 2 aromatic rings. The van der Waals surface area contributed by atoms with Gasteiger partial charge in [0, 0.05) is 16.9 Å². The van der Waals surface area contributed by atoms with E-state index in [1.54, 1.807) is 6.20 Å². The lowest BCUT2D eigenvalue weighted by atomic mass is 10.2. The number of anilines is 1. The minimum absolute atomic E-state index is 0.890. The van der Waals surface area contributed by atoms with Crippen molar-refractivity contribution in [3.8, 4) is 0 Å². The molecule has 0 aliphatic rings. The molecule has 0 bridgehead atoms. The van der Waals surface area contributed by atoms with Crippen LogP contribution in [0, 0.1) is 0 Å². The van der Waals surface area contributed by atoms with Crippen LogP contribution in [-0.4, -0.2) is 17.2 Å². The van der Waals surface area contributed by atoms with Crippen molar-refractivity contribution in [2.24, 2.45) is 0 Å². The Bertz CT molecular complexity index is 442. The summed E-state index contributed by atoms with van der Waals surface area (Å²) in [5, 5.41) is 12.1. The summed E-state index contributed by atoms with van der Waals surface area (Å²) in [7, 11) is 1.87. The van der Waals surface area contributed by atoms with Crippen LogP contribution in [0.3, 0.4) is 0 Å². The summed E-state index contributed by atoms with van der Waals surface area (Å²) in [5.74, 6) is 0. The van der Waals surface area contributed by atoms with Crippen molar-refractivity contribution < 1.29 is 0 Å². The van der Waals surface area contributed by atoms with E-state index in [4.69, 9.17) is 0 Å². The Balaban J connectivity index is 2.77. The summed E-state index contributed by atoms with van der Waals surface area (Å²) in [4.78, 5) is 0. The maximum absolute atomic E-state index is 4.03. The van der Waals surface area contributed by atoms with Crippen molar-refractivity contribution in [2.75, 3.05) is 12.4 Å². The first-order valence-corrected chi connectivity index (χ1v) is 4.69. The van der Waals surface area contributed by atoms with Gasteiger partial charge in [-0.05, 0) is 18.2 Å². The van der Waals surface area contributed by atoms with Gasteiger partial charge in [-0.1, -0.05) is 15.9 Å². The molecular formula is C9H8BrN3. The predicted molar refractivity (Wildman–Crippen MR) is 56.8 cm³/mol. The Morgan fingerprint density at radius 1 is 1.38 bits per heavy atom. The van der Waals surface area contributed by atoms with Crippen LogP contribution in [0.5, 0.6) is 0 Å². The van der Waals surface area contributed by atoms with Gasteiger partial charge in [0.1, 0.15) is 0 Å². The summed E-state index contributed by atoms with van der Waals surface area (Å²) >= 11 is 3.39. The Hall–Kier alpha value is -1.16. The molecule has 0 aliphatic carbocycles. The monoisotopic (exact) mass is 237 g/mol. The smallest absolute Gasteiger partial charge is 0.0961 e. The molecule has 4 heteroatoms. The molecule has 1 aromatic heterocycles. The Morgan fingerprint density at radius 3 is 3.00 bits per heavy atom. The number of hydrogen-bond donors (Lipinski definition) is 1. The molecule has 13 heavy (non-hydrogen) atoms. The van der Waals surface area contributed by atoms with E-state index in [2.05, 4.69) is 31.4 Å². The summed E-state index contributed by atoms with van der Waals surface area (Å²) < 4.78 is 1.02. The van der Waals surface area contributed by atoms with E-state index < -0.39 is 0 Å². The lowest BCUT2D eigenvalue weighted by Gasteiger charge is -2.03. The number of benzene rings is 1. The Labute approximate surface area is 84.3 Å². The van der Waals surface area contributed by atoms with Gasteiger partial charge in [0.2, 0.25) is 0 Å². The average molecular weight is 238 g/mol. The van der Waals surface area contributed by atoms with Gasteiger partial charge in [0.05, 0.1) is 17.4 Å². The van der Waals surface area contributed by atoms with E-state index in [0.717, 1.165) is 21.1 Å². The lowest BCUT2D eigenvalue weighted by molar-refractivity contribution is 1.07. The molecule has 1 aromatic carbocycles. The fraction of sp³-hybridized carbons (Fsp3) is 0.111. The zero-order valence-corrected chi connectivity index (χ0v) is 8.67. The number of nitrogens with zero attached hydrogens (tertiary/aromatic N) is 2. The minimum Gasteiger partial charge on any atom is -0.386 e. The first-order chi connectivity index (χ1) is 6.31. The molecule has 0 spiro atoms. The van der Waals surface area contributed by atoms with Crippen molar-refractivity contribution >= 4 is 32.5 Å². The molecule has 0 saturated carbocycles. The topological polar surface area (TPSA) is 37.8 Å². The summed E-state index contributed by atoms with van der Waals surface area (Å²) in [6, 6.07) is 5.95. The van der Waals surface area contributed by atoms with Crippen LogP contribution in [-0.2, 0) is 0 Å². The van der Waals surface area contributed by atoms with E-state index in [1.807, 2.05) is 25.2 Å². The molecule has 2 rings (SSSR count). The number of fused-ring (bicyclic) bond motifs is 1. The first-order valence-electron chi connectivity index (χ1n) is 3.90. The third-order valence-electron chi connectivity index (χ3n) is 1.87. The van der Waals surface area contributed by atoms with Crippen molar-refractivity contribution in [3.63, 3.8) is 0 Å². The standard InChI is InChI=1S/C9H8BrN3/c1-11-9-5-12-13-8-4-6(10)2-3-7(8)9/h2-5H,1H3,(H,11,13). The van der Waals surface area contributed by atoms with E-state index in [-0.39, 0.29) is 0 Å². The summed E-state index contributed by atoms with van der Waals surface area (Å²) in [6.07, 6.45) is 1.72. The van der Waals surface area contributed by atoms with Gasteiger partial charge in [0.15, 0.2) is 0 Å². The van der Waals surface area contributed by atoms with Crippen molar-refractivity contribution in [3.05, 3.63) is 28.9 Å². The molecule has 0 aliphatic heterocycles. The average Bonchev–Trinajstić information content (AvgIpc) is 2.16. The van der Waals surface area contributed by atoms with Crippen molar-refractivity contribution in [1.29, 1.82) is 0 Å². The van der Waals surface area contributed by atoms with E-state index in [1.165, 1.54) is 0 Å². The zero-order chi connectivity index (χ0) is 9.26. The predicted octanol–water partition coefficient (Wildman–Crippen LogP) is 2.43. The molecule has 1 N–H and O–H groups in total. The van der Waals surface area contributed by atoms with Crippen LogP contribution in [0.4, 0.5) is 5.69 Å². The van der Waals surface area contributed by atoms with Gasteiger partial charge in [-0.2, -0.15) is 10.2 Å². The SMILES string of the molecule is CNc1cnnc2cc(Br)ccc12. The molecule has 3 nitrogen and oxygen atoms in total. The maximum Gasteiger partial charge on any atom is 0.0961 e. The molecule has 0 atom stereocenters. The largest absolute Gasteiger partial charge is 0.386 e. The van der Waals surface area contributed by atoms with E-state index in [0.29, 0.717) is 0 Å². The van der Waals surface area contributed by atoms with Gasteiger partial charge >= 0.3 is 0 Å². The Kier molecular flexibility index (Phi) is 2.14. The first kappa shape index (κ1) is 8.44. The molecule has 0 saturated heterocycles. The molecule has 0 radical (unpaired) electrons. The molecule has 0 fully saturated rings. The number of nitrogens with one attached hydrogen (secondary N) is 1. The summed E-state index contributed by atoms with van der Waals surface area (Å²) in [5.41, 5.74) is 1.89. The quantitative estimate of drug-likeness (QED) is 0.829. The molecule has 1 heterocycles. The molecule has 66 valence electrons. The van der Waals surface area contributed by atoms with Crippen molar-refractivity contribution in [1.82, 2.24) is 10.2 Å². The fourth-order valence-electron chi connectivity index (χ4n) is 1.23. The van der Waals surface area contributed by atoms with Crippen LogP contribution >= 0.6 is 15.9 Å². The number of hydrogen-bond acceptors (Lipinski definition) is 3. The second-order valence-corrected chi connectivity index (χ2v) is 3.59. The van der Waals surface area contributed by atoms with Gasteiger partial charge in [-0.3, -0.25) is 0 Å². The number of halogens is 1. The van der Waals surface area contributed by atoms with Gasteiger partial charge in [0.25, 0.3) is 0 Å². The number of rotatable bonds is 1. The van der Waals surface area contributed by atoms with Crippen LogP contribution in [0.1, 0.15) is 0 Å². The van der Waals surface area contributed by atoms with E-state index in [9.17, 15) is 0 Å². The number of aromatic nitrogens is 2. The highest BCUT2D eigenvalue weighted by atomic mass is 79.9. The third kappa shape index (κ3) is 1.49. The molecule has 0 unspecified atom stereocenters. The van der Waals surface area contributed by atoms with Crippen LogP contribution in [0.15, 0.2) is 28.9 Å². The second-order valence-electron chi connectivity index (χ2n) is 2.67. The van der Waals surface area contributed by atoms with Crippen LogP contribution in [0.25, 0.3) is 10.9 Å². The highest BCUT2D eigenvalue weighted by Gasteiger charge is 2.00. The third-order valence-corrected chi connectivity index (χ3v) is 2.36. The second kappa shape index (κ2) is 3.30. The minimum atomic E-state index is 0.890. The summed E-state index contributed by atoms with van der Waals surface area (Å²) in [6.45, 7) is 0. The molecule has 0 amide bonds. The Morgan fingerprint density at radius 2 is 2.23 bits per heavy atom. The highest BCUT2D eigenvalue weighted by Crippen LogP contribution is 2.22. The van der Waals surface area contributed by atoms with E-state index >= 15 is 0 Å². The highest BCUT2D eigenvalue weighted by molar-refractivity contribution is 9.10. The van der Waals surface area contributed by atoms with Gasteiger partial charge in [-0.25, -0.2) is 0 Å². The van der Waals surface area contributed by atoms with Crippen LogP contribution in [0.2, 0.25) is 0 Å². The van der Waals surface area contributed by atoms with Gasteiger partial charge in [-0.15, -0.1) is 0 Å². The molecular weight excluding hydrogens is 230 g/mol. The lowest BCUT2D eigenvalue weighted by Crippen LogP contribution is -1.92. The maximum atomic E-state index is 4.03.